The lowest BCUT2D eigenvalue weighted by atomic mass is 10.1. The highest BCUT2D eigenvalue weighted by Crippen LogP contribution is 2.22. The minimum absolute atomic E-state index is 0.0295. The Hall–Kier alpha value is -2.63. The van der Waals surface area contributed by atoms with Crippen LogP contribution in [0.4, 0.5) is 20.2 Å². The van der Waals surface area contributed by atoms with Crippen molar-refractivity contribution in [1.29, 1.82) is 0 Å². The van der Waals surface area contributed by atoms with Gasteiger partial charge in [-0.2, -0.15) is 0 Å². The van der Waals surface area contributed by atoms with E-state index in [4.69, 9.17) is 10.5 Å². The summed E-state index contributed by atoms with van der Waals surface area (Å²) in [5.74, 6) is -1.62. The molecule has 20 heavy (non-hydrogen) atoms. The number of hydrogen-bond acceptors (Lipinski definition) is 3. The van der Waals surface area contributed by atoms with E-state index in [1.54, 1.807) is 0 Å². The minimum atomic E-state index is -0.769. The lowest BCUT2D eigenvalue weighted by molar-refractivity contribution is 0.102. The fraction of sp³-hybridized carbons (Fsp3) is 0.0714. The third kappa shape index (κ3) is 3.03. The molecule has 104 valence electrons. The van der Waals surface area contributed by atoms with Crippen LogP contribution in [0.25, 0.3) is 0 Å². The number of carbonyl (C=O) groups excluding carboxylic acids is 1. The van der Waals surface area contributed by atoms with Crippen molar-refractivity contribution >= 4 is 17.3 Å². The van der Waals surface area contributed by atoms with E-state index in [0.29, 0.717) is 11.4 Å². The highest BCUT2D eigenvalue weighted by molar-refractivity contribution is 6.05. The number of anilines is 2. The molecule has 6 heteroatoms. The molecule has 0 bridgehead atoms. The molecule has 0 atom stereocenters. The first kappa shape index (κ1) is 13.8. The van der Waals surface area contributed by atoms with Gasteiger partial charge in [-0.25, -0.2) is 8.78 Å². The van der Waals surface area contributed by atoms with Gasteiger partial charge in [-0.15, -0.1) is 0 Å². The van der Waals surface area contributed by atoms with Gasteiger partial charge in [0.25, 0.3) is 5.91 Å². The summed E-state index contributed by atoms with van der Waals surface area (Å²) in [6, 6.07) is 7.23. The second-order valence-corrected chi connectivity index (χ2v) is 4.07. The van der Waals surface area contributed by atoms with Crippen molar-refractivity contribution in [3.63, 3.8) is 0 Å². The Morgan fingerprint density at radius 1 is 1.15 bits per heavy atom. The predicted octanol–water partition coefficient (Wildman–Crippen LogP) is 2.81. The van der Waals surface area contributed by atoms with Crippen LogP contribution in [0.5, 0.6) is 5.75 Å². The zero-order valence-corrected chi connectivity index (χ0v) is 10.6. The molecule has 0 spiro atoms. The molecule has 0 unspecified atom stereocenters. The maximum atomic E-state index is 13.0. The topological polar surface area (TPSA) is 64.3 Å². The molecule has 1 amide bonds. The first-order valence-electron chi connectivity index (χ1n) is 5.70. The van der Waals surface area contributed by atoms with Crippen LogP contribution in [0.2, 0.25) is 0 Å². The molecule has 0 saturated carbocycles. The number of halogens is 2. The summed E-state index contributed by atoms with van der Waals surface area (Å²) in [7, 11) is 1.46. The molecule has 4 nitrogen and oxygen atoms in total. The van der Waals surface area contributed by atoms with Crippen LogP contribution in [-0.2, 0) is 0 Å². The Morgan fingerprint density at radius 3 is 2.35 bits per heavy atom. The average Bonchev–Trinajstić information content (AvgIpc) is 2.37. The molecule has 3 N–H and O–H groups in total. The molecule has 0 aromatic heterocycles. The van der Waals surface area contributed by atoms with Crippen molar-refractivity contribution < 1.29 is 18.3 Å². The van der Waals surface area contributed by atoms with Gasteiger partial charge in [0.1, 0.15) is 17.4 Å². The summed E-state index contributed by atoms with van der Waals surface area (Å²) in [6.07, 6.45) is 0. The normalized spacial score (nSPS) is 10.2. The first-order valence-corrected chi connectivity index (χ1v) is 5.70. The number of amides is 1. The minimum Gasteiger partial charge on any atom is -0.495 e. The average molecular weight is 278 g/mol. The monoisotopic (exact) mass is 278 g/mol. The zero-order valence-electron chi connectivity index (χ0n) is 10.6. The van der Waals surface area contributed by atoms with Gasteiger partial charge in [-0.3, -0.25) is 4.79 Å². The van der Waals surface area contributed by atoms with Crippen LogP contribution in [0.1, 0.15) is 10.4 Å². The fourth-order valence-corrected chi connectivity index (χ4v) is 1.70. The smallest absolute Gasteiger partial charge is 0.255 e. The van der Waals surface area contributed by atoms with Gasteiger partial charge in [-0.1, -0.05) is 0 Å². The maximum absolute atomic E-state index is 13.0. The lowest BCUT2D eigenvalue weighted by Gasteiger charge is -2.08. The Balaban J connectivity index is 2.21. The van der Waals surface area contributed by atoms with E-state index < -0.39 is 17.5 Å². The quantitative estimate of drug-likeness (QED) is 0.848. The van der Waals surface area contributed by atoms with Gasteiger partial charge in [0.2, 0.25) is 0 Å². The second kappa shape index (κ2) is 5.56. The molecule has 2 aromatic carbocycles. The van der Waals surface area contributed by atoms with Crippen LogP contribution in [0.3, 0.4) is 0 Å². The fourth-order valence-electron chi connectivity index (χ4n) is 1.70. The van der Waals surface area contributed by atoms with Crippen molar-refractivity contribution in [3.8, 4) is 5.75 Å². The standard InChI is InChI=1S/C14H12F2N2O2/c1-20-13-3-2-8(4-12(13)17)14(19)18-11-6-9(15)5-10(16)7-11/h2-7H,17H2,1H3,(H,18,19). The number of rotatable bonds is 3. The predicted molar refractivity (Wildman–Crippen MR) is 71.7 cm³/mol. The van der Waals surface area contributed by atoms with Gasteiger partial charge in [-0.05, 0) is 30.3 Å². The number of carbonyl (C=O) groups is 1. The van der Waals surface area contributed by atoms with Crippen LogP contribution in [0.15, 0.2) is 36.4 Å². The van der Waals surface area contributed by atoms with E-state index in [0.717, 1.165) is 18.2 Å². The first-order chi connectivity index (χ1) is 9.49. The Kier molecular flexibility index (Phi) is 3.84. The van der Waals surface area contributed by atoms with Gasteiger partial charge >= 0.3 is 0 Å². The van der Waals surface area contributed by atoms with Crippen molar-refractivity contribution in [2.45, 2.75) is 0 Å². The number of hydrogen-bond donors (Lipinski definition) is 2. The molecule has 0 radical (unpaired) electrons. The number of methoxy groups -OCH3 is 1. The number of nitrogens with two attached hydrogens (primary N) is 1. The molecule has 0 aliphatic carbocycles. The zero-order chi connectivity index (χ0) is 14.7. The van der Waals surface area contributed by atoms with E-state index >= 15 is 0 Å². The Labute approximate surface area is 114 Å². The second-order valence-electron chi connectivity index (χ2n) is 4.07. The van der Waals surface area contributed by atoms with E-state index in [-0.39, 0.29) is 11.3 Å². The molecule has 0 aliphatic rings. The molecule has 0 heterocycles. The Bertz CT molecular complexity index is 639. The number of benzene rings is 2. The summed E-state index contributed by atoms with van der Waals surface area (Å²) in [5, 5.41) is 2.39. The third-order valence-corrected chi connectivity index (χ3v) is 2.61. The van der Waals surface area contributed by atoms with Crippen molar-refractivity contribution in [3.05, 3.63) is 53.6 Å². The van der Waals surface area contributed by atoms with Crippen molar-refractivity contribution in [2.75, 3.05) is 18.2 Å². The summed E-state index contributed by atoms with van der Waals surface area (Å²) in [5.41, 5.74) is 6.27. The molecule has 2 rings (SSSR count). The van der Waals surface area contributed by atoms with Gasteiger partial charge in [0.15, 0.2) is 0 Å². The molecular weight excluding hydrogens is 266 g/mol. The SMILES string of the molecule is COc1ccc(C(=O)Nc2cc(F)cc(F)c2)cc1N. The Morgan fingerprint density at radius 2 is 1.80 bits per heavy atom. The van der Waals surface area contributed by atoms with Crippen LogP contribution >= 0.6 is 0 Å². The van der Waals surface area contributed by atoms with E-state index in [1.807, 2.05) is 0 Å². The third-order valence-electron chi connectivity index (χ3n) is 2.61. The van der Waals surface area contributed by atoms with Gasteiger partial charge < -0.3 is 15.8 Å². The van der Waals surface area contributed by atoms with Crippen LogP contribution in [-0.4, -0.2) is 13.0 Å². The van der Waals surface area contributed by atoms with Gasteiger partial charge in [0.05, 0.1) is 12.8 Å². The molecule has 0 saturated heterocycles. The number of nitrogens with one attached hydrogen (secondary N) is 1. The maximum Gasteiger partial charge on any atom is 0.255 e. The molecular formula is C14H12F2N2O2. The summed E-state index contributed by atoms with van der Waals surface area (Å²) in [6.45, 7) is 0. The van der Waals surface area contributed by atoms with E-state index in [2.05, 4.69) is 5.32 Å². The molecule has 0 aliphatic heterocycles. The lowest BCUT2D eigenvalue weighted by Crippen LogP contribution is -2.12. The van der Waals surface area contributed by atoms with Crippen molar-refractivity contribution in [1.82, 2.24) is 0 Å². The van der Waals surface area contributed by atoms with Crippen LogP contribution < -0.4 is 15.8 Å². The van der Waals surface area contributed by atoms with E-state index in [9.17, 15) is 13.6 Å². The summed E-state index contributed by atoms with van der Waals surface area (Å²) >= 11 is 0. The number of ether oxygens (including phenoxy) is 1. The van der Waals surface area contributed by atoms with Gasteiger partial charge in [0, 0.05) is 17.3 Å². The summed E-state index contributed by atoms with van der Waals surface area (Å²) < 4.78 is 31.0. The summed E-state index contributed by atoms with van der Waals surface area (Å²) in [4.78, 5) is 11.9. The van der Waals surface area contributed by atoms with Crippen molar-refractivity contribution in [2.24, 2.45) is 0 Å². The van der Waals surface area contributed by atoms with E-state index in [1.165, 1.54) is 25.3 Å². The highest BCUT2D eigenvalue weighted by atomic mass is 19.1. The molecule has 2 aromatic rings. The number of nitrogen functional groups attached to an aromatic ring is 1. The van der Waals surface area contributed by atoms with Crippen LogP contribution in [0, 0.1) is 11.6 Å². The highest BCUT2D eigenvalue weighted by Gasteiger charge is 2.10. The molecule has 0 fully saturated rings. The largest absolute Gasteiger partial charge is 0.495 e.